The molecule has 116 valence electrons. The number of nitrogens with zero attached hydrogens (tertiary/aromatic N) is 1. The lowest BCUT2D eigenvalue weighted by molar-refractivity contribution is 0.178. The van der Waals surface area contributed by atoms with E-state index in [-0.39, 0.29) is 0 Å². The zero-order chi connectivity index (χ0) is 15.2. The Morgan fingerprint density at radius 3 is 2.29 bits per heavy atom. The molecule has 21 heavy (non-hydrogen) atoms. The number of allylic oxidation sites excluding steroid dienone is 1. The molecule has 0 aromatic heterocycles. The largest absolute Gasteiger partial charge is 0.297 e. The standard InChI is InChI=1S/C20H31N/c1-16(2)14-20(21-12-6-5-7-13-21)15-18(4)19-10-8-17(3)9-11-19/h8-11,14,18,20H,5-7,12-13,15H2,1-4H3. The van der Waals surface area contributed by atoms with Gasteiger partial charge in [0.2, 0.25) is 0 Å². The van der Waals surface area contributed by atoms with E-state index >= 15 is 0 Å². The summed E-state index contributed by atoms with van der Waals surface area (Å²) in [5, 5.41) is 0. The first kappa shape index (κ1) is 16.3. The van der Waals surface area contributed by atoms with Gasteiger partial charge in [0.05, 0.1) is 0 Å². The van der Waals surface area contributed by atoms with E-state index in [2.05, 4.69) is 62.9 Å². The van der Waals surface area contributed by atoms with Crippen molar-refractivity contribution in [2.24, 2.45) is 0 Å². The maximum atomic E-state index is 2.70. The van der Waals surface area contributed by atoms with Crippen molar-refractivity contribution in [3.8, 4) is 0 Å². The molecule has 0 saturated carbocycles. The van der Waals surface area contributed by atoms with Crippen molar-refractivity contribution in [3.63, 3.8) is 0 Å². The summed E-state index contributed by atoms with van der Waals surface area (Å²) in [5.74, 6) is 0.619. The predicted molar refractivity (Wildman–Crippen MR) is 92.9 cm³/mol. The van der Waals surface area contributed by atoms with E-state index < -0.39 is 0 Å². The molecular weight excluding hydrogens is 254 g/mol. The van der Waals surface area contributed by atoms with Crippen molar-refractivity contribution in [1.29, 1.82) is 0 Å². The predicted octanol–water partition coefficient (Wildman–Crippen LogP) is 5.31. The van der Waals surface area contributed by atoms with Gasteiger partial charge in [0.25, 0.3) is 0 Å². The highest BCUT2D eigenvalue weighted by Gasteiger charge is 2.21. The van der Waals surface area contributed by atoms with Gasteiger partial charge in [-0.1, -0.05) is 54.8 Å². The molecule has 1 heterocycles. The Labute approximate surface area is 131 Å². The van der Waals surface area contributed by atoms with Crippen LogP contribution in [0.5, 0.6) is 0 Å². The first-order valence-corrected chi connectivity index (χ1v) is 8.52. The Morgan fingerprint density at radius 1 is 1.10 bits per heavy atom. The Morgan fingerprint density at radius 2 is 1.71 bits per heavy atom. The van der Waals surface area contributed by atoms with Crippen LogP contribution in [-0.4, -0.2) is 24.0 Å². The monoisotopic (exact) mass is 285 g/mol. The lowest BCUT2D eigenvalue weighted by Crippen LogP contribution is -2.39. The summed E-state index contributed by atoms with van der Waals surface area (Å²) in [7, 11) is 0. The summed E-state index contributed by atoms with van der Waals surface area (Å²) < 4.78 is 0. The molecular formula is C20H31N. The number of hydrogen-bond acceptors (Lipinski definition) is 1. The van der Waals surface area contributed by atoms with Crippen molar-refractivity contribution in [2.75, 3.05) is 13.1 Å². The molecule has 0 spiro atoms. The maximum Gasteiger partial charge on any atom is 0.0286 e. The summed E-state index contributed by atoms with van der Waals surface area (Å²) in [4.78, 5) is 2.70. The van der Waals surface area contributed by atoms with Gasteiger partial charge in [-0.3, -0.25) is 4.90 Å². The topological polar surface area (TPSA) is 3.24 Å². The van der Waals surface area contributed by atoms with E-state index in [1.165, 1.54) is 55.5 Å². The molecule has 1 aromatic rings. The first-order valence-electron chi connectivity index (χ1n) is 8.52. The van der Waals surface area contributed by atoms with Crippen LogP contribution in [0.1, 0.15) is 63.5 Å². The normalized spacial score (nSPS) is 19.0. The highest BCUT2D eigenvalue weighted by atomic mass is 15.2. The van der Waals surface area contributed by atoms with Crippen molar-refractivity contribution in [3.05, 3.63) is 47.0 Å². The number of benzene rings is 1. The molecule has 2 rings (SSSR count). The number of aryl methyl sites for hydroxylation is 1. The highest BCUT2D eigenvalue weighted by Crippen LogP contribution is 2.26. The highest BCUT2D eigenvalue weighted by molar-refractivity contribution is 5.24. The van der Waals surface area contributed by atoms with Gasteiger partial charge in [-0.05, 0) is 64.6 Å². The quantitative estimate of drug-likeness (QED) is 0.663. The maximum absolute atomic E-state index is 2.70. The summed E-state index contributed by atoms with van der Waals surface area (Å²) in [6, 6.07) is 9.68. The summed E-state index contributed by atoms with van der Waals surface area (Å²) in [6.07, 6.45) is 7.85. The molecule has 1 nitrogen and oxygen atoms in total. The fourth-order valence-electron chi connectivity index (χ4n) is 3.35. The van der Waals surface area contributed by atoms with Crippen LogP contribution >= 0.6 is 0 Å². The fraction of sp³-hybridized carbons (Fsp3) is 0.600. The minimum atomic E-state index is 0.603. The van der Waals surface area contributed by atoms with E-state index in [0.717, 1.165) is 0 Å². The summed E-state index contributed by atoms with van der Waals surface area (Å²) in [6.45, 7) is 11.5. The molecule has 1 aliphatic heterocycles. The van der Waals surface area contributed by atoms with Crippen molar-refractivity contribution < 1.29 is 0 Å². The third-order valence-electron chi connectivity index (χ3n) is 4.63. The van der Waals surface area contributed by atoms with E-state index in [1.807, 2.05) is 0 Å². The van der Waals surface area contributed by atoms with Gasteiger partial charge in [0.1, 0.15) is 0 Å². The van der Waals surface area contributed by atoms with Crippen LogP contribution in [0.3, 0.4) is 0 Å². The van der Waals surface area contributed by atoms with Crippen LogP contribution in [0.15, 0.2) is 35.9 Å². The van der Waals surface area contributed by atoms with Crippen LogP contribution in [-0.2, 0) is 0 Å². The molecule has 1 aromatic carbocycles. The molecule has 2 atom stereocenters. The fourth-order valence-corrected chi connectivity index (χ4v) is 3.35. The lowest BCUT2D eigenvalue weighted by Gasteiger charge is -2.34. The number of piperidine rings is 1. The molecule has 0 amide bonds. The molecule has 0 N–H and O–H groups in total. The molecule has 1 heteroatoms. The smallest absolute Gasteiger partial charge is 0.0286 e. The summed E-state index contributed by atoms with van der Waals surface area (Å²) >= 11 is 0. The minimum absolute atomic E-state index is 0.603. The zero-order valence-corrected chi connectivity index (χ0v) is 14.2. The second kappa shape index (κ2) is 7.79. The van der Waals surface area contributed by atoms with E-state index in [4.69, 9.17) is 0 Å². The minimum Gasteiger partial charge on any atom is -0.297 e. The van der Waals surface area contributed by atoms with Crippen molar-refractivity contribution in [2.45, 2.75) is 65.3 Å². The van der Waals surface area contributed by atoms with E-state index in [9.17, 15) is 0 Å². The van der Waals surface area contributed by atoms with Gasteiger partial charge in [0, 0.05) is 6.04 Å². The number of likely N-dealkylation sites (tertiary alicyclic amines) is 1. The second-order valence-electron chi connectivity index (χ2n) is 6.96. The van der Waals surface area contributed by atoms with E-state index in [1.54, 1.807) is 0 Å². The molecule has 2 unspecified atom stereocenters. The van der Waals surface area contributed by atoms with Gasteiger partial charge in [-0.25, -0.2) is 0 Å². The van der Waals surface area contributed by atoms with Gasteiger partial charge in [0.15, 0.2) is 0 Å². The third-order valence-corrected chi connectivity index (χ3v) is 4.63. The van der Waals surface area contributed by atoms with Crippen LogP contribution in [0, 0.1) is 6.92 Å². The average molecular weight is 285 g/mol. The zero-order valence-electron chi connectivity index (χ0n) is 14.2. The second-order valence-corrected chi connectivity index (χ2v) is 6.96. The SMILES string of the molecule is CC(C)=CC(CC(C)c1ccc(C)cc1)N1CCCCC1. The Kier molecular flexibility index (Phi) is 6.05. The molecule has 1 fully saturated rings. The van der Waals surface area contributed by atoms with Crippen LogP contribution < -0.4 is 0 Å². The van der Waals surface area contributed by atoms with Gasteiger partial charge < -0.3 is 0 Å². The molecule has 0 aliphatic carbocycles. The van der Waals surface area contributed by atoms with Gasteiger partial charge in [-0.2, -0.15) is 0 Å². The molecule has 1 aliphatic rings. The van der Waals surface area contributed by atoms with Crippen molar-refractivity contribution >= 4 is 0 Å². The Bertz CT molecular complexity index is 447. The summed E-state index contributed by atoms with van der Waals surface area (Å²) in [5.41, 5.74) is 4.27. The molecule has 0 radical (unpaired) electrons. The Hall–Kier alpha value is -1.08. The van der Waals surface area contributed by atoms with Crippen LogP contribution in [0.25, 0.3) is 0 Å². The molecule has 1 saturated heterocycles. The number of rotatable bonds is 5. The first-order chi connectivity index (χ1) is 10.1. The van der Waals surface area contributed by atoms with E-state index in [0.29, 0.717) is 12.0 Å². The van der Waals surface area contributed by atoms with Crippen molar-refractivity contribution in [1.82, 2.24) is 4.90 Å². The molecule has 0 bridgehead atoms. The lowest BCUT2D eigenvalue weighted by atomic mass is 9.91. The van der Waals surface area contributed by atoms with Gasteiger partial charge in [-0.15, -0.1) is 0 Å². The number of hydrogen-bond donors (Lipinski definition) is 0. The Balaban J connectivity index is 2.06. The van der Waals surface area contributed by atoms with Crippen LogP contribution in [0.2, 0.25) is 0 Å². The average Bonchev–Trinajstić information content (AvgIpc) is 2.47. The van der Waals surface area contributed by atoms with Crippen LogP contribution in [0.4, 0.5) is 0 Å². The third kappa shape index (κ3) is 5.00. The van der Waals surface area contributed by atoms with Gasteiger partial charge >= 0.3 is 0 Å².